The molecule has 3 N–H and O–H groups in total. The van der Waals surface area contributed by atoms with Crippen molar-refractivity contribution in [3.63, 3.8) is 0 Å². The van der Waals surface area contributed by atoms with Crippen molar-refractivity contribution in [2.45, 2.75) is 39.2 Å². The highest BCUT2D eigenvalue weighted by atomic mass is 16.4. The molecule has 6 heteroatoms. The van der Waals surface area contributed by atoms with Gasteiger partial charge in [-0.05, 0) is 68.2 Å². The van der Waals surface area contributed by atoms with Gasteiger partial charge in [0.05, 0.1) is 22.5 Å². The Morgan fingerprint density at radius 2 is 1.83 bits per heavy atom. The number of carboxylic acid groups (broad SMARTS) is 1. The van der Waals surface area contributed by atoms with Crippen LogP contribution in [0.25, 0.3) is 10.9 Å². The number of H-pyrrole nitrogens is 1. The summed E-state index contributed by atoms with van der Waals surface area (Å²) in [6.45, 7) is 5.27. The van der Waals surface area contributed by atoms with Crippen molar-refractivity contribution in [1.29, 1.82) is 0 Å². The number of carboxylic acids is 1. The van der Waals surface area contributed by atoms with E-state index in [0.29, 0.717) is 28.6 Å². The number of hydrogen-bond donors (Lipinski definition) is 3. The van der Waals surface area contributed by atoms with Crippen molar-refractivity contribution in [3.8, 4) is 5.88 Å². The van der Waals surface area contributed by atoms with Gasteiger partial charge in [-0.2, -0.15) is 0 Å². The number of aliphatic imine (C=N–C) groups is 1. The van der Waals surface area contributed by atoms with Gasteiger partial charge in [0.25, 0.3) is 0 Å². The molecule has 0 unspecified atom stereocenters. The molecule has 0 saturated carbocycles. The monoisotopic (exact) mass is 405 g/mol. The fourth-order valence-corrected chi connectivity index (χ4v) is 4.12. The van der Waals surface area contributed by atoms with Gasteiger partial charge in [-0.3, -0.25) is 9.89 Å². The van der Waals surface area contributed by atoms with E-state index in [1.54, 1.807) is 12.1 Å². The van der Waals surface area contributed by atoms with Crippen LogP contribution in [-0.4, -0.2) is 44.9 Å². The van der Waals surface area contributed by atoms with Crippen LogP contribution in [0.4, 0.5) is 5.69 Å². The van der Waals surface area contributed by atoms with Crippen molar-refractivity contribution in [1.82, 2.24) is 9.88 Å². The Hall–Kier alpha value is -3.12. The van der Waals surface area contributed by atoms with Crippen LogP contribution in [0.2, 0.25) is 0 Å². The molecule has 2 heterocycles. The number of likely N-dealkylation sites (tertiary alicyclic amines) is 1. The Morgan fingerprint density at radius 3 is 2.50 bits per heavy atom. The van der Waals surface area contributed by atoms with E-state index in [1.165, 1.54) is 30.9 Å². The summed E-state index contributed by atoms with van der Waals surface area (Å²) in [5.41, 5.74) is 4.23. The Bertz CT molecular complexity index is 1080. The maximum Gasteiger partial charge on any atom is 0.335 e. The Morgan fingerprint density at radius 1 is 1.10 bits per heavy atom. The zero-order chi connectivity index (χ0) is 21.1. The minimum absolute atomic E-state index is 0.00913. The molecule has 4 rings (SSSR count). The third-order valence-electron chi connectivity index (χ3n) is 5.70. The summed E-state index contributed by atoms with van der Waals surface area (Å²) in [7, 11) is 0. The molecule has 30 heavy (non-hydrogen) atoms. The number of benzene rings is 2. The average Bonchev–Trinajstić information content (AvgIpc) is 3.09. The third kappa shape index (κ3) is 4.24. The number of nitrogens with zero attached hydrogens (tertiary/aromatic N) is 2. The minimum Gasteiger partial charge on any atom is -0.494 e. The fraction of sp³-hybridized carbons (Fsp3) is 0.333. The normalized spacial score (nSPS) is 15.6. The number of aromatic hydroxyl groups is 1. The van der Waals surface area contributed by atoms with Gasteiger partial charge in [0.2, 0.25) is 0 Å². The van der Waals surface area contributed by atoms with Gasteiger partial charge in [-0.25, -0.2) is 4.79 Å². The Balaban J connectivity index is 1.62. The fourth-order valence-electron chi connectivity index (χ4n) is 4.12. The lowest BCUT2D eigenvalue weighted by molar-refractivity contribution is 0.0697. The van der Waals surface area contributed by atoms with E-state index in [1.807, 2.05) is 19.1 Å². The standard InChI is InChI=1S/C24H27N3O3/c1-2-20(22-19-14-17(24(29)30)8-11-21(19)26-23(22)28)25-18-9-6-16(7-10-18)15-27-12-4-3-5-13-27/h6-11,14,26,28H,2-5,12-13,15H2,1H3,(H,29,30). The topological polar surface area (TPSA) is 88.9 Å². The first-order valence-corrected chi connectivity index (χ1v) is 10.5. The number of rotatable bonds is 6. The van der Waals surface area contributed by atoms with Gasteiger partial charge in [-0.1, -0.05) is 25.5 Å². The number of aromatic carboxylic acids is 1. The van der Waals surface area contributed by atoms with Crippen LogP contribution >= 0.6 is 0 Å². The summed E-state index contributed by atoms with van der Waals surface area (Å²) in [5.74, 6) is -0.988. The van der Waals surface area contributed by atoms with Gasteiger partial charge < -0.3 is 15.2 Å². The largest absolute Gasteiger partial charge is 0.494 e. The van der Waals surface area contributed by atoms with Crippen LogP contribution in [0.3, 0.4) is 0 Å². The summed E-state index contributed by atoms with van der Waals surface area (Å²) in [6.07, 6.45) is 4.49. The summed E-state index contributed by atoms with van der Waals surface area (Å²) in [5, 5.41) is 20.5. The predicted molar refractivity (Wildman–Crippen MR) is 119 cm³/mol. The van der Waals surface area contributed by atoms with Crippen LogP contribution in [0.1, 0.15) is 54.1 Å². The molecular formula is C24H27N3O3. The second-order valence-electron chi connectivity index (χ2n) is 7.83. The van der Waals surface area contributed by atoms with Gasteiger partial charge in [0.1, 0.15) is 0 Å². The molecule has 2 aromatic carbocycles. The molecule has 0 bridgehead atoms. The number of nitrogens with one attached hydrogen (secondary N) is 1. The van der Waals surface area contributed by atoms with E-state index in [-0.39, 0.29) is 11.4 Å². The lowest BCUT2D eigenvalue weighted by Crippen LogP contribution is -2.28. The Kier molecular flexibility index (Phi) is 5.86. The second kappa shape index (κ2) is 8.71. The van der Waals surface area contributed by atoms with E-state index in [9.17, 15) is 15.0 Å². The maximum atomic E-state index is 11.4. The van der Waals surface area contributed by atoms with Crippen molar-refractivity contribution < 1.29 is 15.0 Å². The quantitative estimate of drug-likeness (QED) is 0.499. The van der Waals surface area contributed by atoms with Crippen LogP contribution < -0.4 is 0 Å². The highest BCUT2D eigenvalue weighted by Gasteiger charge is 2.17. The lowest BCUT2D eigenvalue weighted by atomic mass is 10.0. The van der Waals surface area contributed by atoms with E-state index >= 15 is 0 Å². The molecule has 1 aromatic heterocycles. The summed E-state index contributed by atoms with van der Waals surface area (Å²) in [6, 6.07) is 13.0. The molecule has 0 aliphatic carbocycles. The smallest absolute Gasteiger partial charge is 0.335 e. The predicted octanol–water partition coefficient (Wildman–Crippen LogP) is 5.09. The SMILES string of the molecule is CCC(=Nc1ccc(CN2CCCCC2)cc1)c1c(O)[nH]c2ccc(C(=O)O)cc12. The molecule has 3 aromatic rings. The van der Waals surface area contributed by atoms with Crippen LogP contribution in [0.5, 0.6) is 5.88 Å². The van der Waals surface area contributed by atoms with E-state index in [0.717, 1.165) is 25.3 Å². The van der Waals surface area contributed by atoms with Crippen LogP contribution in [-0.2, 0) is 6.54 Å². The van der Waals surface area contributed by atoms with Crippen molar-refractivity contribution in [2.24, 2.45) is 4.99 Å². The summed E-state index contributed by atoms with van der Waals surface area (Å²) >= 11 is 0. The number of piperidine rings is 1. The van der Waals surface area contributed by atoms with Crippen molar-refractivity contribution >= 4 is 28.3 Å². The Labute approximate surface area is 175 Å². The number of carbonyl (C=O) groups is 1. The molecule has 6 nitrogen and oxygen atoms in total. The van der Waals surface area contributed by atoms with E-state index in [2.05, 4.69) is 22.0 Å². The third-order valence-corrected chi connectivity index (χ3v) is 5.70. The van der Waals surface area contributed by atoms with E-state index < -0.39 is 5.97 Å². The molecule has 0 spiro atoms. The first-order chi connectivity index (χ1) is 14.5. The van der Waals surface area contributed by atoms with Crippen LogP contribution in [0, 0.1) is 0 Å². The molecule has 1 aliphatic heterocycles. The number of hydrogen-bond acceptors (Lipinski definition) is 4. The first kappa shape index (κ1) is 20.2. The van der Waals surface area contributed by atoms with E-state index in [4.69, 9.17) is 4.99 Å². The maximum absolute atomic E-state index is 11.4. The summed E-state index contributed by atoms with van der Waals surface area (Å²) in [4.78, 5) is 21.5. The molecule has 0 radical (unpaired) electrons. The average molecular weight is 405 g/mol. The van der Waals surface area contributed by atoms with Gasteiger partial charge in [-0.15, -0.1) is 0 Å². The number of aromatic nitrogens is 1. The zero-order valence-electron chi connectivity index (χ0n) is 17.2. The molecule has 0 amide bonds. The first-order valence-electron chi connectivity index (χ1n) is 10.5. The lowest BCUT2D eigenvalue weighted by Gasteiger charge is -2.26. The number of fused-ring (bicyclic) bond motifs is 1. The molecular weight excluding hydrogens is 378 g/mol. The summed E-state index contributed by atoms with van der Waals surface area (Å²) < 4.78 is 0. The molecule has 1 aliphatic rings. The highest BCUT2D eigenvalue weighted by Crippen LogP contribution is 2.31. The van der Waals surface area contributed by atoms with Gasteiger partial charge in [0.15, 0.2) is 5.88 Å². The second-order valence-corrected chi connectivity index (χ2v) is 7.83. The number of aromatic amines is 1. The van der Waals surface area contributed by atoms with Crippen molar-refractivity contribution in [2.75, 3.05) is 13.1 Å². The van der Waals surface area contributed by atoms with Gasteiger partial charge >= 0.3 is 5.97 Å². The highest BCUT2D eigenvalue weighted by molar-refractivity contribution is 6.14. The van der Waals surface area contributed by atoms with Gasteiger partial charge in [0, 0.05) is 17.4 Å². The molecule has 1 fully saturated rings. The van der Waals surface area contributed by atoms with Crippen LogP contribution in [0.15, 0.2) is 47.5 Å². The molecule has 1 saturated heterocycles. The van der Waals surface area contributed by atoms with Crippen molar-refractivity contribution in [3.05, 3.63) is 59.2 Å². The molecule has 156 valence electrons. The minimum atomic E-state index is -0.997. The zero-order valence-corrected chi connectivity index (χ0v) is 17.2. The molecule has 0 atom stereocenters.